The molecule has 3 heteroatoms. The molecule has 0 bridgehead atoms. The monoisotopic (exact) mass is 280 g/mol. The Bertz CT molecular complexity index is 665. The van der Waals surface area contributed by atoms with Gasteiger partial charge in [0, 0.05) is 11.4 Å². The van der Waals surface area contributed by atoms with Crippen LogP contribution < -0.4 is 11.1 Å². The van der Waals surface area contributed by atoms with Gasteiger partial charge in [-0.1, -0.05) is 30.3 Å². The molecule has 1 aliphatic rings. The lowest BCUT2D eigenvalue weighted by atomic mass is 9.94. The lowest BCUT2D eigenvalue weighted by molar-refractivity contribution is -0.118. The van der Waals surface area contributed by atoms with Gasteiger partial charge in [-0.3, -0.25) is 4.79 Å². The summed E-state index contributed by atoms with van der Waals surface area (Å²) in [5.74, 6) is 0.0877. The predicted octanol–water partition coefficient (Wildman–Crippen LogP) is 3.56. The van der Waals surface area contributed by atoms with E-state index >= 15 is 0 Å². The van der Waals surface area contributed by atoms with Crippen molar-refractivity contribution in [1.82, 2.24) is 0 Å². The standard InChI is InChI=1S/C18H20N2O/c1-12-10-15(19)11-13(2)16(12)20-17(21)18(8-9-18)14-6-4-3-5-7-14/h3-7,10-11H,8-9,19H2,1-2H3,(H,20,21). The Morgan fingerprint density at radius 2 is 1.67 bits per heavy atom. The SMILES string of the molecule is Cc1cc(N)cc(C)c1NC(=O)C1(c2ccccc2)CC1. The van der Waals surface area contributed by atoms with Gasteiger partial charge in [0.1, 0.15) is 0 Å². The average molecular weight is 280 g/mol. The number of aryl methyl sites for hydroxylation is 2. The number of nitrogen functional groups attached to an aromatic ring is 1. The van der Waals surface area contributed by atoms with Gasteiger partial charge in [-0.2, -0.15) is 0 Å². The Hall–Kier alpha value is -2.29. The molecule has 3 nitrogen and oxygen atoms in total. The van der Waals surface area contributed by atoms with Gasteiger partial charge in [-0.25, -0.2) is 0 Å². The summed E-state index contributed by atoms with van der Waals surface area (Å²) >= 11 is 0. The Morgan fingerprint density at radius 3 is 2.19 bits per heavy atom. The molecule has 0 spiro atoms. The molecule has 1 fully saturated rings. The largest absolute Gasteiger partial charge is 0.399 e. The van der Waals surface area contributed by atoms with Crippen LogP contribution in [0.3, 0.4) is 0 Å². The number of rotatable bonds is 3. The molecule has 2 aromatic rings. The van der Waals surface area contributed by atoms with E-state index in [4.69, 9.17) is 5.73 Å². The minimum atomic E-state index is -0.346. The first-order chi connectivity index (χ1) is 10.0. The maximum absolute atomic E-state index is 12.7. The molecule has 0 aromatic heterocycles. The lowest BCUT2D eigenvalue weighted by Gasteiger charge is -2.18. The van der Waals surface area contributed by atoms with E-state index in [2.05, 4.69) is 5.32 Å². The fourth-order valence-electron chi connectivity index (χ4n) is 2.96. The minimum absolute atomic E-state index is 0.0877. The molecule has 21 heavy (non-hydrogen) atoms. The highest BCUT2D eigenvalue weighted by atomic mass is 16.2. The van der Waals surface area contributed by atoms with Crippen LogP contribution in [0, 0.1) is 13.8 Å². The van der Waals surface area contributed by atoms with Gasteiger partial charge in [0.15, 0.2) is 0 Å². The van der Waals surface area contributed by atoms with E-state index in [-0.39, 0.29) is 11.3 Å². The number of carbonyl (C=O) groups excluding carboxylic acids is 1. The molecule has 1 saturated carbocycles. The number of carbonyl (C=O) groups is 1. The van der Waals surface area contributed by atoms with Crippen molar-refractivity contribution >= 4 is 17.3 Å². The summed E-state index contributed by atoms with van der Waals surface area (Å²) in [6, 6.07) is 13.8. The Morgan fingerprint density at radius 1 is 1.10 bits per heavy atom. The quantitative estimate of drug-likeness (QED) is 0.845. The number of nitrogens with two attached hydrogens (primary N) is 1. The fraction of sp³-hybridized carbons (Fsp3) is 0.278. The third-order valence-electron chi connectivity index (χ3n) is 4.30. The minimum Gasteiger partial charge on any atom is -0.399 e. The van der Waals surface area contributed by atoms with Crippen LogP contribution in [0.4, 0.5) is 11.4 Å². The van der Waals surface area contributed by atoms with Gasteiger partial charge in [0.2, 0.25) is 5.91 Å². The zero-order chi connectivity index (χ0) is 15.0. The summed E-state index contributed by atoms with van der Waals surface area (Å²) in [5, 5.41) is 3.11. The first-order valence-electron chi connectivity index (χ1n) is 7.27. The van der Waals surface area contributed by atoms with Crippen molar-refractivity contribution in [2.24, 2.45) is 0 Å². The predicted molar refractivity (Wildman–Crippen MR) is 86.3 cm³/mol. The number of benzene rings is 2. The number of amides is 1. The zero-order valence-electron chi connectivity index (χ0n) is 12.4. The van der Waals surface area contributed by atoms with Crippen LogP contribution in [0.25, 0.3) is 0 Å². The molecule has 1 amide bonds. The molecule has 3 rings (SSSR count). The van der Waals surface area contributed by atoms with Gasteiger partial charge >= 0.3 is 0 Å². The van der Waals surface area contributed by atoms with Crippen LogP contribution in [0.2, 0.25) is 0 Å². The van der Waals surface area contributed by atoms with Gasteiger partial charge in [0.05, 0.1) is 5.41 Å². The van der Waals surface area contributed by atoms with Crippen LogP contribution in [0.15, 0.2) is 42.5 Å². The Balaban J connectivity index is 1.88. The normalized spacial score (nSPS) is 15.5. The van der Waals surface area contributed by atoms with E-state index in [1.165, 1.54) is 0 Å². The smallest absolute Gasteiger partial charge is 0.235 e. The van der Waals surface area contributed by atoms with Crippen LogP contribution in [0.5, 0.6) is 0 Å². The summed E-state index contributed by atoms with van der Waals surface area (Å²) in [5.41, 5.74) is 10.2. The van der Waals surface area contributed by atoms with E-state index < -0.39 is 0 Å². The first-order valence-corrected chi connectivity index (χ1v) is 7.27. The van der Waals surface area contributed by atoms with Gasteiger partial charge in [0.25, 0.3) is 0 Å². The van der Waals surface area contributed by atoms with Gasteiger partial charge < -0.3 is 11.1 Å². The Kier molecular flexibility index (Phi) is 3.20. The Labute approximate surface area is 125 Å². The van der Waals surface area contributed by atoms with Crippen LogP contribution in [-0.2, 0) is 10.2 Å². The molecule has 108 valence electrons. The van der Waals surface area contributed by atoms with Crippen molar-refractivity contribution in [1.29, 1.82) is 0 Å². The van der Waals surface area contributed by atoms with Crippen LogP contribution >= 0.6 is 0 Å². The van der Waals surface area contributed by atoms with Crippen molar-refractivity contribution in [2.75, 3.05) is 11.1 Å². The average Bonchev–Trinajstić information content (AvgIpc) is 3.25. The van der Waals surface area contributed by atoms with Gasteiger partial charge in [-0.05, 0) is 55.5 Å². The molecule has 2 aromatic carbocycles. The summed E-state index contributed by atoms with van der Waals surface area (Å²) < 4.78 is 0. The van der Waals surface area contributed by atoms with Crippen molar-refractivity contribution in [3.63, 3.8) is 0 Å². The lowest BCUT2D eigenvalue weighted by Crippen LogP contribution is -2.28. The molecule has 0 saturated heterocycles. The van der Waals surface area contributed by atoms with Crippen LogP contribution in [0.1, 0.15) is 29.5 Å². The van der Waals surface area contributed by atoms with Crippen molar-refractivity contribution in [2.45, 2.75) is 32.1 Å². The van der Waals surface area contributed by atoms with Crippen molar-refractivity contribution < 1.29 is 4.79 Å². The number of hydrogen-bond donors (Lipinski definition) is 2. The first kappa shape index (κ1) is 13.7. The second-order valence-corrected chi connectivity index (χ2v) is 5.93. The van der Waals surface area contributed by atoms with E-state index in [1.807, 2.05) is 56.3 Å². The highest BCUT2D eigenvalue weighted by molar-refractivity contribution is 6.02. The van der Waals surface area contributed by atoms with E-state index in [0.29, 0.717) is 0 Å². The molecule has 0 radical (unpaired) electrons. The molecule has 0 aliphatic heterocycles. The molecule has 0 unspecified atom stereocenters. The highest BCUT2D eigenvalue weighted by Gasteiger charge is 2.51. The summed E-state index contributed by atoms with van der Waals surface area (Å²) in [7, 11) is 0. The molecular formula is C18H20N2O. The van der Waals surface area contributed by atoms with Gasteiger partial charge in [-0.15, -0.1) is 0 Å². The summed E-state index contributed by atoms with van der Waals surface area (Å²) in [6.07, 6.45) is 1.83. The second-order valence-electron chi connectivity index (χ2n) is 5.93. The third-order valence-corrected chi connectivity index (χ3v) is 4.30. The van der Waals surface area contributed by atoms with Crippen molar-refractivity contribution in [3.05, 3.63) is 59.2 Å². The molecule has 3 N–H and O–H groups in total. The number of hydrogen-bond acceptors (Lipinski definition) is 2. The molecule has 0 heterocycles. The summed E-state index contributed by atoms with van der Waals surface area (Å²) in [4.78, 5) is 12.7. The highest BCUT2D eigenvalue weighted by Crippen LogP contribution is 2.49. The third kappa shape index (κ3) is 2.40. The maximum atomic E-state index is 12.7. The number of anilines is 2. The molecular weight excluding hydrogens is 260 g/mol. The molecule has 0 atom stereocenters. The van der Waals surface area contributed by atoms with Crippen LogP contribution in [-0.4, -0.2) is 5.91 Å². The fourth-order valence-corrected chi connectivity index (χ4v) is 2.96. The maximum Gasteiger partial charge on any atom is 0.235 e. The second kappa shape index (κ2) is 4.92. The van der Waals surface area contributed by atoms with E-state index in [9.17, 15) is 4.79 Å². The summed E-state index contributed by atoms with van der Waals surface area (Å²) in [6.45, 7) is 3.95. The topological polar surface area (TPSA) is 55.1 Å². The zero-order valence-corrected chi connectivity index (χ0v) is 12.4. The number of nitrogens with one attached hydrogen (secondary N) is 1. The van der Waals surface area contributed by atoms with Crippen molar-refractivity contribution in [3.8, 4) is 0 Å². The van der Waals surface area contributed by atoms with E-state index in [1.54, 1.807) is 0 Å². The molecule has 1 aliphatic carbocycles. The van der Waals surface area contributed by atoms with E-state index in [0.717, 1.165) is 40.9 Å².